The molecular weight excluding hydrogens is 374 g/mol. The molecule has 0 radical (unpaired) electrons. The van der Waals surface area contributed by atoms with Gasteiger partial charge in [-0.3, -0.25) is 4.79 Å². The van der Waals surface area contributed by atoms with Crippen molar-refractivity contribution >= 4 is 26.8 Å². The summed E-state index contributed by atoms with van der Waals surface area (Å²) >= 11 is 0. The van der Waals surface area contributed by atoms with Gasteiger partial charge in [-0.05, 0) is 56.4 Å². The molecule has 0 unspecified atom stereocenters. The third kappa shape index (κ3) is 4.41. The number of benzene rings is 1. The fourth-order valence-electron chi connectivity index (χ4n) is 3.75. The maximum Gasteiger partial charge on any atom is 0.243 e. The van der Waals surface area contributed by atoms with Crippen molar-refractivity contribution < 1.29 is 13.2 Å². The van der Waals surface area contributed by atoms with E-state index in [-0.39, 0.29) is 11.8 Å². The normalized spacial score (nSPS) is 16.7. The van der Waals surface area contributed by atoms with Gasteiger partial charge < -0.3 is 9.88 Å². The smallest absolute Gasteiger partial charge is 0.243 e. The van der Waals surface area contributed by atoms with Crippen molar-refractivity contribution in [1.82, 2.24) is 14.2 Å². The van der Waals surface area contributed by atoms with Gasteiger partial charge in [-0.25, -0.2) is 8.42 Å². The predicted octanol–water partition coefficient (Wildman–Crippen LogP) is 3.22. The zero-order chi connectivity index (χ0) is 20.3. The predicted molar refractivity (Wildman–Crippen MR) is 112 cm³/mol. The monoisotopic (exact) mass is 405 g/mol. The zero-order valence-corrected chi connectivity index (χ0v) is 17.8. The maximum absolute atomic E-state index is 13.0. The van der Waals surface area contributed by atoms with Gasteiger partial charge >= 0.3 is 0 Å². The molecule has 0 bridgehead atoms. The summed E-state index contributed by atoms with van der Waals surface area (Å²) in [5.74, 6) is 0.513. The van der Waals surface area contributed by atoms with E-state index in [0.29, 0.717) is 43.3 Å². The summed E-state index contributed by atoms with van der Waals surface area (Å²) in [5, 5.41) is 3.92. The second-order valence-electron chi connectivity index (χ2n) is 7.97. The van der Waals surface area contributed by atoms with Crippen molar-refractivity contribution in [3.63, 3.8) is 0 Å². The molecule has 6 nitrogen and oxygen atoms in total. The van der Waals surface area contributed by atoms with Gasteiger partial charge in [0.05, 0.1) is 4.90 Å². The quantitative estimate of drug-likeness (QED) is 0.769. The summed E-state index contributed by atoms with van der Waals surface area (Å²) in [6.45, 7) is 8.63. The number of nitrogens with one attached hydrogen (secondary N) is 1. The fourth-order valence-corrected chi connectivity index (χ4v) is 5.26. The van der Waals surface area contributed by atoms with E-state index in [1.54, 1.807) is 12.1 Å². The van der Waals surface area contributed by atoms with Crippen molar-refractivity contribution in [1.29, 1.82) is 0 Å². The SMILES string of the molecule is CCn1ccc2cc(S(=O)(=O)N3CCC(C(=O)NCCC(C)C)CC3)ccc21. The average molecular weight is 406 g/mol. The lowest BCUT2D eigenvalue weighted by Gasteiger charge is -2.30. The topological polar surface area (TPSA) is 71.4 Å². The van der Waals surface area contributed by atoms with E-state index in [4.69, 9.17) is 0 Å². The van der Waals surface area contributed by atoms with Gasteiger partial charge in [0.15, 0.2) is 0 Å². The Balaban J connectivity index is 1.64. The molecule has 1 saturated heterocycles. The number of hydrogen-bond acceptors (Lipinski definition) is 3. The number of sulfonamides is 1. The Labute approximate surface area is 168 Å². The summed E-state index contributed by atoms with van der Waals surface area (Å²) in [6, 6.07) is 7.27. The molecule has 2 heterocycles. The van der Waals surface area contributed by atoms with Crippen molar-refractivity contribution in [2.24, 2.45) is 11.8 Å². The fraction of sp³-hybridized carbons (Fsp3) is 0.571. The van der Waals surface area contributed by atoms with Crippen LogP contribution in [0.2, 0.25) is 0 Å². The molecule has 1 N–H and O–H groups in total. The standard InChI is InChI=1S/C21H31N3O3S/c1-4-23-12-8-18-15-19(5-6-20(18)23)28(26,27)24-13-9-17(10-14-24)21(25)22-11-7-16(2)3/h5-6,8,12,15-17H,4,7,9-11,13-14H2,1-3H3,(H,22,25). The molecule has 0 spiro atoms. The number of carbonyl (C=O) groups is 1. The molecule has 7 heteroatoms. The number of piperidine rings is 1. The number of fused-ring (bicyclic) bond motifs is 1. The molecule has 28 heavy (non-hydrogen) atoms. The van der Waals surface area contributed by atoms with Gasteiger partial charge in [0.25, 0.3) is 0 Å². The third-order valence-electron chi connectivity index (χ3n) is 5.57. The van der Waals surface area contributed by atoms with E-state index in [2.05, 4.69) is 30.7 Å². The molecule has 154 valence electrons. The van der Waals surface area contributed by atoms with Crippen LogP contribution in [0.1, 0.15) is 40.0 Å². The molecule has 3 rings (SSSR count). The van der Waals surface area contributed by atoms with Crippen LogP contribution in [0.25, 0.3) is 10.9 Å². The lowest BCUT2D eigenvalue weighted by atomic mass is 9.97. The van der Waals surface area contributed by atoms with Crippen LogP contribution in [0.4, 0.5) is 0 Å². The highest BCUT2D eigenvalue weighted by molar-refractivity contribution is 7.89. The molecule has 0 saturated carbocycles. The molecular formula is C21H31N3O3S. The third-order valence-corrected chi connectivity index (χ3v) is 7.46. The van der Waals surface area contributed by atoms with Crippen LogP contribution in [0.5, 0.6) is 0 Å². The maximum atomic E-state index is 13.0. The lowest BCUT2D eigenvalue weighted by molar-refractivity contribution is -0.126. The second-order valence-corrected chi connectivity index (χ2v) is 9.91. The molecule has 2 aromatic rings. The van der Waals surface area contributed by atoms with Gasteiger partial charge in [0.1, 0.15) is 0 Å². The van der Waals surface area contributed by atoms with E-state index < -0.39 is 10.0 Å². The number of carbonyl (C=O) groups excluding carboxylic acids is 1. The Kier molecular flexibility index (Phi) is 6.45. The minimum atomic E-state index is -3.54. The molecule has 1 fully saturated rings. The molecule has 1 aliphatic rings. The molecule has 1 amide bonds. The molecule has 0 aliphatic carbocycles. The second kappa shape index (κ2) is 8.66. The van der Waals surface area contributed by atoms with E-state index in [9.17, 15) is 13.2 Å². The Morgan fingerprint density at radius 2 is 1.93 bits per heavy atom. The van der Waals surface area contributed by atoms with E-state index in [1.807, 2.05) is 18.3 Å². The van der Waals surface area contributed by atoms with Crippen molar-refractivity contribution in [2.75, 3.05) is 19.6 Å². The largest absolute Gasteiger partial charge is 0.356 e. The van der Waals surface area contributed by atoms with Crippen LogP contribution in [-0.2, 0) is 21.4 Å². The van der Waals surface area contributed by atoms with Gasteiger partial charge in [0, 0.05) is 49.2 Å². The van der Waals surface area contributed by atoms with Crippen molar-refractivity contribution in [2.45, 2.75) is 51.5 Å². The van der Waals surface area contributed by atoms with E-state index in [1.165, 1.54) is 4.31 Å². The van der Waals surface area contributed by atoms with Crippen LogP contribution < -0.4 is 5.32 Å². The van der Waals surface area contributed by atoms with Gasteiger partial charge in [0.2, 0.25) is 15.9 Å². The summed E-state index contributed by atoms with van der Waals surface area (Å²) in [6.07, 6.45) is 4.08. The summed E-state index contributed by atoms with van der Waals surface area (Å²) < 4.78 is 29.7. The zero-order valence-electron chi connectivity index (χ0n) is 17.0. The minimum Gasteiger partial charge on any atom is -0.356 e. The first-order chi connectivity index (χ1) is 13.3. The Bertz CT molecular complexity index is 926. The summed E-state index contributed by atoms with van der Waals surface area (Å²) in [5.41, 5.74) is 1.04. The van der Waals surface area contributed by atoms with Crippen LogP contribution in [0.3, 0.4) is 0 Å². The van der Waals surface area contributed by atoms with Crippen LogP contribution in [-0.4, -0.2) is 42.8 Å². The Morgan fingerprint density at radius 3 is 2.57 bits per heavy atom. The number of nitrogens with zero attached hydrogens (tertiary/aromatic N) is 2. The highest BCUT2D eigenvalue weighted by atomic mass is 32.2. The molecule has 0 atom stereocenters. The Morgan fingerprint density at radius 1 is 1.21 bits per heavy atom. The highest BCUT2D eigenvalue weighted by Crippen LogP contribution is 2.27. The van der Waals surface area contributed by atoms with Crippen LogP contribution >= 0.6 is 0 Å². The van der Waals surface area contributed by atoms with Gasteiger partial charge in [-0.15, -0.1) is 0 Å². The van der Waals surface area contributed by atoms with Crippen molar-refractivity contribution in [3.8, 4) is 0 Å². The molecule has 1 aromatic carbocycles. The number of aromatic nitrogens is 1. The summed E-state index contributed by atoms with van der Waals surface area (Å²) in [7, 11) is -3.54. The lowest BCUT2D eigenvalue weighted by Crippen LogP contribution is -2.43. The number of amides is 1. The average Bonchev–Trinajstić information content (AvgIpc) is 3.10. The number of hydrogen-bond donors (Lipinski definition) is 1. The van der Waals surface area contributed by atoms with E-state index in [0.717, 1.165) is 23.9 Å². The van der Waals surface area contributed by atoms with Gasteiger partial charge in [-0.2, -0.15) is 4.31 Å². The first kappa shape index (κ1) is 20.9. The molecule has 1 aliphatic heterocycles. The highest BCUT2D eigenvalue weighted by Gasteiger charge is 2.32. The minimum absolute atomic E-state index is 0.0556. The van der Waals surface area contributed by atoms with Crippen LogP contribution in [0.15, 0.2) is 35.4 Å². The van der Waals surface area contributed by atoms with Crippen LogP contribution in [0, 0.1) is 11.8 Å². The number of rotatable bonds is 7. The van der Waals surface area contributed by atoms with Crippen molar-refractivity contribution in [3.05, 3.63) is 30.5 Å². The Hall–Kier alpha value is -1.86. The first-order valence-corrected chi connectivity index (χ1v) is 11.6. The van der Waals surface area contributed by atoms with E-state index >= 15 is 0 Å². The first-order valence-electron chi connectivity index (χ1n) is 10.2. The number of aryl methyl sites for hydroxylation is 1. The summed E-state index contributed by atoms with van der Waals surface area (Å²) in [4.78, 5) is 12.6. The van der Waals surface area contributed by atoms with Gasteiger partial charge in [-0.1, -0.05) is 13.8 Å². The molecule has 1 aromatic heterocycles.